The van der Waals surface area contributed by atoms with Crippen molar-refractivity contribution in [2.24, 2.45) is 0 Å². The van der Waals surface area contributed by atoms with Gasteiger partial charge in [-0.25, -0.2) is 0 Å². The Labute approximate surface area is 111 Å². The van der Waals surface area contributed by atoms with Crippen molar-refractivity contribution in [3.8, 4) is 0 Å². The van der Waals surface area contributed by atoms with Crippen LogP contribution in [0, 0.1) is 0 Å². The maximum absolute atomic E-state index is 12.0. The smallest absolute Gasteiger partial charge is 0.226 e. The van der Waals surface area contributed by atoms with E-state index in [9.17, 15) is 4.79 Å². The van der Waals surface area contributed by atoms with Crippen LogP contribution in [0.5, 0.6) is 0 Å². The lowest BCUT2D eigenvalue weighted by atomic mass is 10.2. The third-order valence-electron chi connectivity index (χ3n) is 3.29. The molecule has 100 valence electrons. The van der Waals surface area contributed by atoms with E-state index in [0.29, 0.717) is 13.0 Å². The molecular weight excluding hydrogens is 242 g/mol. The number of fused-ring (bicyclic) bond motifs is 1. The van der Waals surface area contributed by atoms with Crippen molar-refractivity contribution in [1.82, 2.24) is 10.3 Å². The average molecular weight is 259 g/mol. The molecule has 1 aromatic heterocycles. The van der Waals surface area contributed by atoms with Crippen molar-refractivity contribution >= 4 is 22.5 Å². The van der Waals surface area contributed by atoms with Crippen molar-refractivity contribution in [1.29, 1.82) is 0 Å². The lowest BCUT2D eigenvalue weighted by Crippen LogP contribution is -2.43. The Bertz CT molecular complexity index is 573. The van der Waals surface area contributed by atoms with Crippen LogP contribution in [0.15, 0.2) is 30.5 Å². The maximum atomic E-state index is 12.0. The number of carbonyl (C=O) groups excluding carboxylic acids is 1. The van der Waals surface area contributed by atoms with Gasteiger partial charge in [-0.15, -0.1) is 0 Å². The Balaban J connectivity index is 1.65. The van der Waals surface area contributed by atoms with Gasteiger partial charge in [-0.3, -0.25) is 4.79 Å². The van der Waals surface area contributed by atoms with Crippen LogP contribution in [0.3, 0.4) is 0 Å². The zero-order chi connectivity index (χ0) is 13.1. The molecule has 1 atom stereocenters. The first-order chi connectivity index (χ1) is 9.33. The van der Waals surface area contributed by atoms with Gasteiger partial charge in [-0.1, -0.05) is 18.2 Å². The highest BCUT2D eigenvalue weighted by Gasteiger charge is 2.17. The maximum Gasteiger partial charge on any atom is 0.226 e. The summed E-state index contributed by atoms with van der Waals surface area (Å²) in [6.45, 7) is 2.13. The zero-order valence-electron chi connectivity index (χ0n) is 10.6. The Hall–Kier alpha value is -1.85. The molecule has 19 heavy (non-hydrogen) atoms. The van der Waals surface area contributed by atoms with Crippen molar-refractivity contribution in [2.75, 3.05) is 25.1 Å². The molecule has 3 rings (SSSR count). The molecule has 1 saturated heterocycles. The van der Waals surface area contributed by atoms with E-state index in [2.05, 4.69) is 15.6 Å². The minimum atomic E-state index is 0.00718. The van der Waals surface area contributed by atoms with Crippen LogP contribution in [-0.2, 0) is 9.53 Å². The summed E-state index contributed by atoms with van der Waals surface area (Å²) in [6, 6.07) is 8.01. The summed E-state index contributed by atoms with van der Waals surface area (Å²) in [7, 11) is 0. The number of anilines is 1. The molecule has 0 bridgehead atoms. The molecule has 1 unspecified atom stereocenters. The van der Waals surface area contributed by atoms with Crippen molar-refractivity contribution in [3.05, 3.63) is 30.5 Å². The number of benzene rings is 1. The van der Waals surface area contributed by atoms with Crippen LogP contribution in [0.25, 0.3) is 10.9 Å². The molecule has 1 aliphatic heterocycles. The van der Waals surface area contributed by atoms with Gasteiger partial charge in [0.15, 0.2) is 0 Å². The summed E-state index contributed by atoms with van der Waals surface area (Å²) in [5, 5.41) is 7.25. The number of hydrogen-bond acceptors (Lipinski definition) is 3. The topological polar surface area (TPSA) is 66.2 Å². The zero-order valence-corrected chi connectivity index (χ0v) is 10.6. The SMILES string of the molecule is O=C(CC1COCCN1)Nc1c[nH]c2ccccc12. The second kappa shape index (κ2) is 5.42. The number of hydrogen-bond donors (Lipinski definition) is 3. The number of para-hydroxylation sites is 1. The van der Waals surface area contributed by atoms with Gasteiger partial charge in [0.05, 0.1) is 18.9 Å². The molecule has 1 fully saturated rings. The van der Waals surface area contributed by atoms with Crippen LogP contribution in [0.4, 0.5) is 5.69 Å². The first-order valence-electron chi connectivity index (χ1n) is 6.50. The largest absolute Gasteiger partial charge is 0.378 e. The quantitative estimate of drug-likeness (QED) is 0.782. The number of carbonyl (C=O) groups is 1. The van der Waals surface area contributed by atoms with E-state index >= 15 is 0 Å². The van der Waals surface area contributed by atoms with E-state index in [0.717, 1.165) is 29.7 Å². The third kappa shape index (κ3) is 2.77. The van der Waals surface area contributed by atoms with E-state index in [1.165, 1.54) is 0 Å². The molecule has 0 radical (unpaired) electrons. The molecule has 2 heterocycles. The number of morpholine rings is 1. The number of aromatic amines is 1. The Morgan fingerprint density at radius 2 is 2.32 bits per heavy atom. The number of H-pyrrole nitrogens is 1. The average Bonchev–Trinajstić information content (AvgIpc) is 2.83. The second-order valence-electron chi connectivity index (χ2n) is 4.73. The van der Waals surface area contributed by atoms with Gasteiger partial charge in [-0.05, 0) is 6.07 Å². The van der Waals surface area contributed by atoms with Gasteiger partial charge in [-0.2, -0.15) is 0 Å². The van der Waals surface area contributed by atoms with Crippen LogP contribution in [0.2, 0.25) is 0 Å². The molecule has 0 saturated carbocycles. The molecule has 3 N–H and O–H groups in total. The Morgan fingerprint density at radius 1 is 1.42 bits per heavy atom. The normalized spacial score (nSPS) is 19.5. The minimum Gasteiger partial charge on any atom is -0.378 e. The van der Waals surface area contributed by atoms with Gasteiger partial charge in [0.1, 0.15) is 0 Å². The van der Waals surface area contributed by atoms with Gasteiger partial charge < -0.3 is 20.4 Å². The molecule has 1 aliphatic rings. The summed E-state index contributed by atoms with van der Waals surface area (Å²) < 4.78 is 5.34. The molecule has 1 amide bonds. The minimum absolute atomic E-state index is 0.00718. The number of rotatable bonds is 3. The molecule has 0 aliphatic carbocycles. The second-order valence-corrected chi connectivity index (χ2v) is 4.73. The number of nitrogens with one attached hydrogen (secondary N) is 3. The van der Waals surface area contributed by atoms with Crippen LogP contribution < -0.4 is 10.6 Å². The summed E-state index contributed by atoms with van der Waals surface area (Å²) in [4.78, 5) is 15.1. The lowest BCUT2D eigenvalue weighted by molar-refractivity contribution is -0.117. The molecule has 2 aromatic rings. The predicted octanol–water partition coefficient (Wildman–Crippen LogP) is 1.48. The van der Waals surface area contributed by atoms with Crippen molar-refractivity contribution in [2.45, 2.75) is 12.5 Å². The number of ether oxygens (including phenoxy) is 1. The summed E-state index contributed by atoms with van der Waals surface area (Å²) in [5.74, 6) is 0.00718. The monoisotopic (exact) mass is 259 g/mol. The van der Waals surface area contributed by atoms with E-state index in [-0.39, 0.29) is 11.9 Å². The van der Waals surface area contributed by atoms with E-state index < -0.39 is 0 Å². The highest BCUT2D eigenvalue weighted by atomic mass is 16.5. The number of aromatic nitrogens is 1. The molecular formula is C14H17N3O2. The fraction of sp³-hybridized carbons (Fsp3) is 0.357. The van der Waals surface area contributed by atoms with E-state index in [1.807, 2.05) is 30.5 Å². The summed E-state index contributed by atoms with van der Waals surface area (Å²) >= 11 is 0. The standard InChI is InChI=1S/C14H17N3O2/c18-14(7-10-9-19-6-5-15-10)17-13-8-16-12-4-2-1-3-11(12)13/h1-4,8,10,15-16H,5-7,9H2,(H,17,18). The van der Waals surface area contributed by atoms with E-state index in [4.69, 9.17) is 4.74 Å². The first-order valence-corrected chi connectivity index (χ1v) is 6.50. The van der Waals surface area contributed by atoms with Crippen molar-refractivity contribution < 1.29 is 9.53 Å². The van der Waals surface area contributed by atoms with Gasteiger partial charge in [0.25, 0.3) is 0 Å². The van der Waals surface area contributed by atoms with Gasteiger partial charge in [0.2, 0.25) is 5.91 Å². The van der Waals surface area contributed by atoms with Crippen molar-refractivity contribution in [3.63, 3.8) is 0 Å². The Morgan fingerprint density at radius 3 is 3.16 bits per heavy atom. The summed E-state index contributed by atoms with van der Waals surface area (Å²) in [6.07, 6.45) is 2.26. The molecule has 5 heteroatoms. The van der Waals surface area contributed by atoms with Gasteiger partial charge >= 0.3 is 0 Å². The fourth-order valence-corrected chi connectivity index (χ4v) is 2.35. The predicted molar refractivity (Wildman–Crippen MR) is 74.2 cm³/mol. The van der Waals surface area contributed by atoms with Crippen LogP contribution in [-0.4, -0.2) is 36.7 Å². The molecule has 0 spiro atoms. The highest BCUT2D eigenvalue weighted by Crippen LogP contribution is 2.22. The number of amides is 1. The van der Waals surface area contributed by atoms with Crippen LogP contribution >= 0.6 is 0 Å². The molecule has 5 nitrogen and oxygen atoms in total. The van der Waals surface area contributed by atoms with Crippen LogP contribution in [0.1, 0.15) is 6.42 Å². The highest BCUT2D eigenvalue weighted by molar-refractivity contribution is 6.01. The Kier molecular flexibility index (Phi) is 3.48. The van der Waals surface area contributed by atoms with E-state index in [1.54, 1.807) is 0 Å². The lowest BCUT2D eigenvalue weighted by Gasteiger charge is -2.23. The van der Waals surface area contributed by atoms with Gasteiger partial charge in [0, 0.05) is 36.1 Å². The summed E-state index contributed by atoms with van der Waals surface area (Å²) in [5.41, 5.74) is 1.86. The third-order valence-corrected chi connectivity index (χ3v) is 3.29. The first kappa shape index (κ1) is 12.2. The molecule has 1 aromatic carbocycles. The fourth-order valence-electron chi connectivity index (χ4n) is 2.35.